The van der Waals surface area contributed by atoms with Gasteiger partial charge in [-0.05, 0) is 33.2 Å². The Balaban J connectivity index is 0.00000225. The van der Waals surface area contributed by atoms with E-state index in [9.17, 15) is 4.79 Å². The van der Waals surface area contributed by atoms with Gasteiger partial charge in [0.1, 0.15) is 0 Å². The number of ether oxygens (including phenoxy) is 1. The molecule has 0 unspecified atom stereocenters. The first-order chi connectivity index (χ1) is 7.20. The average Bonchev–Trinajstić information content (AvgIpc) is 2.25. The second-order valence-corrected chi connectivity index (χ2v) is 4.21. The summed E-state index contributed by atoms with van der Waals surface area (Å²) in [6.07, 6.45) is 3.51. The molecule has 1 saturated heterocycles. The standard InChI is InChI=1S/C11H22N2O2.ClH/c1-9(2)15-8-7-13-11(14)10-5-3-4-6-12-10;/h9-10,12H,3-8H2,1-2H3,(H,13,14);1H/t10-;/m1./s1. The molecule has 0 aromatic heterocycles. The summed E-state index contributed by atoms with van der Waals surface area (Å²) in [4.78, 5) is 11.6. The molecule has 1 heterocycles. The van der Waals surface area contributed by atoms with E-state index >= 15 is 0 Å². The summed E-state index contributed by atoms with van der Waals surface area (Å²) in [7, 11) is 0. The zero-order valence-electron chi connectivity index (χ0n) is 10.1. The maximum absolute atomic E-state index is 11.6. The van der Waals surface area contributed by atoms with Crippen LogP contribution in [0, 0.1) is 0 Å². The Bertz CT molecular complexity index is 194. The van der Waals surface area contributed by atoms with Gasteiger partial charge < -0.3 is 15.4 Å². The van der Waals surface area contributed by atoms with Gasteiger partial charge in [0.25, 0.3) is 0 Å². The lowest BCUT2D eigenvalue weighted by Crippen LogP contribution is -2.47. The number of hydrogen-bond acceptors (Lipinski definition) is 3. The van der Waals surface area contributed by atoms with Crippen LogP contribution in [0.1, 0.15) is 33.1 Å². The van der Waals surface area contributed by atoms with E-state index in [-0.39, 0.29) is 30.5 Å². The Morgan fingerprint density at radius 1 is 1.50 bits per heavy atom. The zero-order valence-corrected chi connectivity index (χ0v) is 10.9. The van der Waals surface area contributed by atoms with Crippen LogP contribution in [-0.4, -0.2) is 37.7 Å². The number of nitrogens with one attached hydrogen (secondary N) is 2. The molecule has 1 aliphatic rings. The first kappa shape index (κ1) is 15.7. The lowest BCUT2D eigenvalue weighted by Gasteiger charge is -2.22. The summed E-state index contributed by atoms with van der Waals surface area (Å²) in [6.45, 7) is 6.14. The Kier molecular flexibility index (Phi) is 8.61. The first-order valence-electron chi connectivity index (χ1n) is 5.83. The van der Waals surface area contributed by atoms with Crippen LogP contribution >= 0.6 is 12.4 Å². The predicted octanol–water partition coefficient (Wildman–Crippen LogP) is 1.09. The molecule has 1 fully saturated rings. The fourth-order valence-corrected chi connectivity index (χ4v) is 1.67. The average molecular weight is 251 g/mol. The van der Waals surface area contributed by atoms with E-state index in [4.69, 9.17) is 4.74 Å². The summed E-state index contributed by atoms with van der Waals surface area (Å²) in [5.41, 5.74) is 0. The number of carbonyl (C=O) groups excluding carboxylic acids is 1. The molecule has 1 atom stereocenters. The van der Waals surface area contributed by atoms with Crippen LogP contribution < -0.4 is 10.6 Å². The third kappa shape index (κ3) is 6.30. The van der Waals surface area contributed by atoms with Gasteiger partial charge >= 0.3 is 0 Å². The molecule has 0 spiro atoms. The van der Waals surface area contributed by atoms with Gasteiger partial charge in [-0.3, -0.25) is 4.79 Å². The van der Waals surface area contributed by atoms with Crippen LogP contribution in [0.4, 0.5) is 0 Å². The van der Waals surface area contributed by atoms with Crippen LogP contribution in [0.5, 0.6) is 0 Å². The van der Waals surface area contributed by atoms with E-state index < -0.39 is 0 Å². The SMILES string of the molecule is CC(C)OCCNC(=O)[C@H]1CCCCN1.Cl. The van der Waals surface area contributed by atoms with Crippen molar-refractivity contribution in [3.05, 3.63) is 0 Å². The molecule has 0 aromatic rings. The van der Waals surface area contributed by atoms with Crippen molar-refractivity contribution >= 4 is 18.3 Å². The number of carbonyl (C=O) groups is 1. The molecule has 0 aliphatic carbocycles. The van der Waals surface area contributed by atoms with Crippen molar-refractivity contribution in [2.45, 2.75) is 45.3 Å². The molecule has 0 saturated carbocycles. The van der Waals surface area contributed by atoms with Crippen LogP contribution in [-0.2, 0) is 9.53 Å². The van der Waals surface area contributed by atoms with E-state index in [1.165, 1.54) is 6.42 Å². The second-order valence-electron chi connectivity index (χ2n) is 4.21. The van der Waals surface area contributed by atoms with Gasteiger partial charge in [-0.15, -0.1) is 12.4 Å². The Morgan fingerprint density at radius 3 is 2.81 bits per heavy atom. The van der Waals surface area contributed by atoms with E-state index in [0.29, 0.717) is 13.2 Å². The van der Waals surface area contributed by atoms with Crippen molar-refractivity contribution < 1.29 is 9.53 Å². The maximum Gasteiger partial charge on any atom is 0.237 e. The molecule has 2 N–H and O–H groups in total. The highest BCUT2D eigenvalue weighted by molar-refractivity contribution is 5.85. The van der Waals surface area contributed by atoms with Crippen molar-refractivity contribution in [3.8, 4) is 0 Å². The minimum Gasteiger partial charge on any atom is -0.377 e. The highest BCUT2D eigenvalue weighted by Crippen LogP contribution is 2.06. The lowest BCUT2D eigenvalue weighted by molar-refractivity contribution is -0.124. The molecular weight excluding hydrogens is 228 g/mol. The molecule has 5 heteroatoms. The fourth-order valence-electron chi connectivity index (χ4n) is 1.67. The smallest absolute Gasteiger partial charge is 0.237 e. The number of amides is 1. The second kappa shape index (κ2) is 8.79. The minimum absolute atomic E-state index is 0. The van der Waals surface area contributed by atoms with Crippen LogP contribution in [0.3, 0.4) is 0 Å². The summed E-state index contributed by atoms with van der Waals surface area (Å²) < 4.78 is 5.34. The Morgan fingerprint density at radius 2 is 2.25 bits per heavy atom. The number of rotatable bonds is 5. The number of piperidine rings is 1. The fraction of sp³-hybridized carbons (Fsp3) is 0.909. The maximum atomic E-state index is 11.6. The quantitative estimate of drug-likeness (QED) is 0.719. The van der Waals surface area contributed by atoms with Crippen molar-refractivity contribution in [2.75, 3.05) is 19.7 Å². The van der Waals surface area contributed by atoms with Gasteiger partial charge in [-0.2, -0.15) is 0 Å². The predicted molar refractivity (Wildman–Crippen MR) is 67.0 cm³/mol. The third-order valence-corrected chi connectivity index (χ3v) is 2.48. The summed E-state index contributed by atoms with van der Waals surface area (Å²) >= 11 is 0. The van der Waals surface area contributed by atoms with E-state index in [0.717, 1.165) is 19.4 Å². The van der Waals surface area contributed by atoms with Crippen molar-refractivity contribution in [1.29, 1.82) is 0 Å². The molecule has 0 bridgehead atoms. The van der Waals surface area contributed by atoms with Gasteiger partial charge in [-0.1, -0.05) is 6.42 Å². The molecule has 1 aliphatic heterocycles. The molecule has 1 rings (SSSR count). The van der Waals surface area contributed by atoms with Gasteiger partial charge in [0, 0.05) is 6.54 Å². The highest BCUT2D eigenvalue weighted by atomic mass is 35.5. The molecule has 96 valence electrons. The molecule has 0 aromatic carbocycles. The van der Waals surface area contributed by atoms with Crippen molar-refractivity contribution in [1.82, 2.24) is 10.6 Å². The summed E-state index contributed by atoms with van der Waals surface area (Å²) in [5.74, 6) is 0.113. The van der Waals surface area contributed by atoms with Crippen LogP contribution in [0.15, 0.2) is 0 Å². The summed E-state index contributed by atoms with van der Waals surface area (Å²) in [5, 5.41) is 6.10. The molecule has 1 amide bonds. The van der Waals surface area contributed by atoms with E-state index in [2.05, 4.69) is 10.6 Å². The zero-order chi connectivity index (χ0) is 11.1. The van der Waals surface area contributed by atoms with E-state index in [1.54, 1.807) is 0 Å². The van der Waals surface area contributed by atoms with Crippen LogP contribution in [0.2, 0.25) is 0 Å². The highest BCUT2D eigenvalue weighted by Gasteiger charge is 2.19. The summed E-state index contributed by atoms with van der Waals surface area (Å²) in [6, 6.07) is 0.0119. The Hall–Kier alpha value is -0.320. The lowest BCUT2D eigenvalue weighted by atomic mass is 10.0. The molecular formula is C11H23ClN2O2. The largest absolute Gasteiger partial charge is 0.377 e. The van der Waals surface area contributed by atoms with Crippen molar-refractivity contribution in [3.63, 3.8) is 0 Å². The monoisotopic (exact) mass is 250 g/mol. The molecule has 0 radical (unpaired) electrons. The van der Waals surface area contributed by atoms with Gasteiger partial charge in [0.2, 0.25) is 5.91 Å². The van der Waals surface area contributed by atoms with Gasteiger partial charge in [0.15, 0.2) is 0 Å². The molecule has 4 nitrogen and oxygen atoms in total. The van der Waals surface area contributed by atoms with Gasteiger partial charge in [0.05, 0.1) is 18.8 Å². The minimum atomic E-state index is 0. The molecule has 16 heavy (non-hydrogen) atoms. The van der Waals surface area contributed by atoms with Crippen LogP contribution in [0.25, 0.3) is 0 Å². The van der Waals surface area contributed by atoms with Gasteiger partial charge in [-0.25, -0.2) is 0 Å². The van der Waals surface area contributed by atoms with Crippen molar-refractivity contribution in [2.24, 2.45) is 0 Å². The topological polar surface area (TPSA) is 50.4 Å². The number of hydrogen-bond donors (Lipinski definition) is 2. The van der Waals surface area contributed by atoms with E-state index in [1.807, 2.05) is 13.8 Å². The third-order valence-electron chi connectivity index (χ3n) is 2.48. The number of halogens is 1. The Labute approximate surface area is 104 Å². The first-order valence-corrected chi connectivity index (χ1v) is 5.83. The normalized spacial score (nSPS) is 20.3.